The van der Waals surface area contributed by atoms with Gasteiger partial charge in [-0.05, 0) is 72.1 Å². The van der Waals surface area contributed by atoms with Crippen LogP contribution >= 0.6 is 86.9 Å². The largest absolute Gasteiger partial charge is 1.00 e. The predicted molar refractivity (Wildman–Crippen MR) is 129 cm³/mol. The minimum Gasteiger partial charge on any atom is -0.871 e. The summed E-state index contributed by atoms with van der Waals surface area (Å²) in [5.41, 5.74) is 0.0864. The SMILES string of the molecule is O=C([O-])c1c(Cl)ccc(Cl)c1-c1c2cc(Br)c(=O)c(Br)c-2oc2c(Br)c([O-])c(Br)cc12.[K+].[K+]. The summed E-state index contributed by atoms with van der Waals surface area (Å²) in [6, 6.07) is 5.78. The molecule has 0 N–H and O–H groups in total. The maximum atomic E-state index is 12.5. The third-order valence-corrected chi connectivity index (χ3v) is 7.81. The Bertz CT molecular complexity index is 1480. The second kappa shape index (κ2) is 12.4. The van der Waals surface area contributed by atoms with E-state index < -0.39 is 17.1 Å². The first-order chi connectivity index (χ1) is 14.5. The maximum absolute atomic E-state index is 12.5. The molecule has 0 radical (unpaired) electrons. The van der Waals surface area contributed by atoms with Gasteiger partial charge in [-0.3, -0.25) is 4.79 Å². The van der Waals surface area contributed by atoms with Gasteiger partial charge in [0.05, 0.1) is 19.9 Å². The van der Waals surface area contributed by atoms with E-state index in [0.29, 0.717) is 16.5 Å². The van der Waals surface area contributed by atoms with E-state index in [1.165, 1.54) is 24.3 Å². The fraction of sp³-hybridized carbons (Fsp3) is 0. The Morgan fingerprint density at radius 2 is 1.52 bits per heavy atom. The Morgan fingerprint density at radius 3 is 2.12 bits per heavy atom. The number of hydrogen-bond acceptors (Lipinski definition) is 5. The van der Waals surface area contributed by atoms with Crippen molar-refractivity contribution in [3.05, 3.63) is 68.0 Å². The zero-order valence-corrected chi connectivity index (χ0v) is 30.7. The van der Waals surface area contributed by atoms with Crippen molar-refractivity contribution in [3.63, 3.8) is 0 Å². The maximum Gasteiger partial charge on any atom is 1.00 e. The molecular formula is C20H4Br4Cl2K2O5. The van der Waals surface area contributed by atoms with Crippen LogP contribution in [0.4, 0.5) is 0 Å². The summed E-state index contributed by atoms with van der Waals surface area (Å²) >= 11 is 25.5. The van der Waals surface area contributed by atoms with Gasteiger partial charge in [0.2, 0.25) is 5.43 Å². The van der Waals surface area contributed by atoms with Crippen LogP contribution in [0.1, 0.15) is 10.4 Å². The molecule has 2 aromatic carbocycles. The molecule has 0 atom stereocenters. The molecule has 0 fully saturated rings. The molecule has 1 heterocycles. The van der Waals surface area contributed by atoms with Crippen molar-refractivity contribution in [1.82, 2.24) is 0 Å². The number of hydrogen-bond donors (Lipinski definition) is 0. The third-order valence-electron chi connectivity index (χ3n) is 4.56. The average Bonchev–Trinajstić information content (AvgIpc) is 2.71. The average molecular weight is 793 g/mol. The first-order valence-electron chi connectivity index (χ1n) is 8.17. The topological polar surface area (TPSA) is 93.4 Å². The van der Waals surface area contributed by atoms with E-state index in [1.807, 2.05) is 0 Å². The van der Waals surface area contributed by atoms with Crippen molar-refractivity contribution in [2.24, 2.45) is 0 Å². The monoisotopic (exact) mass is 788 g/mol. The van der Waals surface area contributed by atoms with Crippen LogP contribution in [0.15, 0.2) is 51.4 Å². The minimum absolute atomic E-state index is 0. The fourth-order valence-electron chi connectivity index (χ4n) is 3.25. The van der Waals surface area contributed by atoms with Crippen LogP contribution in [-0.2, 0) is 0 Å². The Labute approximate surface area is 315 Å². The van der Waals surface area contributed by atoms with Crippen LogP contribution in [0.2, 0.25) is 10.0 Å². The van der Waals surface area contributed by atoms with Crippen LogP contribution in [0.5, 0.6) is 5.75 Å². The molecule has 5 nitrogen and oxygen atoms in total. The van der Waals surface area contributed by atoms with Gasteiger partial charge < -0.3 is 19.4 Å². The van der Waals surface area contributed by atoms with Crippen LogP contribution in [0, 0.1) is 0 Å². The molecule has 13 heteroatoms. The molecule has 0 unspecified atom stereocenters. The summed E-state index contributed by atoms with van der Waals surface area (Å²) in [7, 11) is 0. The van der Waals surface area contributed by atoms with Gasteiger partial charge in [-0.25, -0.2) is 0 Å². The number of carboxylic acid groups (broad SMARTS) is 1. The van der Waals surface area contributed by atoms with Gasteiger partial charge in [-0.2, -0.15) is 0 Å². The Morgan fingerprint density at radius 1 is 0.909 bits per heavy atom. The number of carbonyl (C=O) groups is 1. The van der Waals surface area contributed by atoms with Gasteiger partial charge in [0.1, 0.15) is 10.1 Å². The zero-order chi connectivity index (χ0) is 22.8. The molecular weight excluding hydrogens is 789 g/mol. The number of carboxylic acids is 1. The number of aromatic carboxylic acids is 1. The van der Waals surface area contributed by atoms with E-state index in [0.717, 1.165) is 0 Å². The van der Waals surface area contributed by atoms with Crippen LogP contribution in [0.3, 0.4) is 0 Å². The van der Waals surface area contributed by atoms with E-state index in [1.54, 1.807) is 0 Å². The number of carbonyl (C=O) groups excluding carboxylic acids is 1. The molecule has 0 spiro atoms. The smallest absolute Gasteiger partial charge is 0.871 e. The number of rotatable bonds is 2. The van der Waals surface area contributed by atoms with Crippen molar-refractivity contribution in [2.75, 3.05) is 0 Å². The zero-order valence-electron chi connectivity index (χ0n) is 16.6. The summed E-state index contributed by atoms with van der Waals surface area (Å²) in [4.78, 5) is 24.5. The van der Waals surface area contributed by atoms with Gasteiger partial charge in [0.15, 0.2) is 5.76 Å². The van der Waals surface area contributed by atoms with Gasteiger partial charge in [0, 0.05) is 37.1 Å². The predicted octanol–water partition coefficient (Wildman–Crippen LogP) is 0.367. The van der Waals surface area contributed by atoms with E-state index in [4.69, 9.17) is 27.6 Å². The summed E-state index contributed by atoms with van der Waals surface area (Å²) in [5.74, 6) is -1.84. The Hall–Kier alpha value is 2.17. The second-order valence-corrected chi connectivity index (χ2v) is 10.4. The van der Waals surface area contributed by atoms with Gasteiger partial charge in [-0.1, -0.05) is 44.9 Å². The van der Waals surface area contributed by atoms with E-state index in [-0.39, 0.29) is 153 Å². The third kappa shape index (κ3) is 5.64. The number of halogens is 6. The second-order valence-electron chi connectivity index (χ2n) is 6.30. The molecule has 0 saturated heterocycles. The van der Waals surface area contributed by atoms with E-state index in [2.05, 4.69) is 63.7 Å². The summed E-state index contributed by atoms with van der Waals surface area (Å²) in [5, 5.41) is 24.8. The molecule has 0 aromatic heterocycles. The molecule has 0 amide bonds. The summed E-state index contributed by atoms with van der Waals surface area (Å²) in [6.07, 6.45) is 0. The molecule has 1 aliphatic heterocycles. The normalized spacial score (nSPS) is 10.7. The van der Waals surface area contributed by atoms with Crippen molar-refractivity contribution in [2.45, 2.75) is 0 Å². The molecule has 2 aliphatic rings. The number of benzene rings is 3. The molecule has 4 rings (SSSR count). The van der Waals surface area contributed by atoms with Gasteiger partial charge in [0.25, 0.3) is 0 Å². The van der Waals surface area contributed by atoms with Crippen molar-refractivity contribution in [1.29, 1.82) is 0 Å². The summed E-state index contributed by atoms with van der Waals surface area (Å²) < 4.78 is 6.50. The molecule has 1 aliphatic carbocycles. The fourth-order valence-corrected chi connectivity index (χ4v) is 6.14. The molecule has 2 aromatic rings. The van der Waals surface area contributed by atoms with Crippen molar-refractivity contribution < 1.29 is 122 Å². The first-order valence-corrected chi connectivity index (χ1v) is 12.1. The first kappa shape index (κ1) is 31.4. The molecule has 0 bridgehead atoms. The standard InChI is InChI=1S/C20H6Br4Cl2O5.2K/c21-7-3-5-11(12-9(25)1-2-10(26)13(12)20(29)30)6-4-8(22)17(28)15(24)19(6)31-18(5)14(23)16(7)27;;/h1-4,27H,(H,29,30);;/q;2*+1/p-2. The molecule has 0 saturated carbocycles. The van der Waals surface area contributed by atoms with Crippen molar-refractivity contribution in [3.8, 4) is 28.2 Å². The molecule has 33 heavy (non-hydrogen) atoms. The van der Waals surface area contributed by atoms with Gasteiger partial charge >= 0.3 is 103 Å². The van der Waals surface area contributed by atoms with E-state index in [9.17, 15) is 19.8 Å². The van der Waals surface area contributed by atoms with Crippen molar-refractivity contribution >= 4 is 104 Å². The van der Waals surface area contributed by atoms with Crippen LogP contribution in [-0.4, -0.2) is 5.97 Å². The summed E-state index contributed by atoms with van der Waals surface area (Å²) in [6.45, 7) is 0. The van der Waals surface area contributed by atoms with Crippen LogP contribution in [0.25, 0.3) is 33.4 Å². The van der Waals surface area contributed by atoms with Crippen LogP contribution < -0.4 is 118 Å². The van der Waals surface area contributed by atoms with E-state index >= 15 is 0 Å². The molecule has 158 valence electrons. The Kier molecular flexibility index (Phi) is 11.8. The minimum atomic E-state index is -1.54. The Balaban J connectivity index is 0.00000193. The van der Waals surface area contributed by atoms with Gasteiger partial charge in [-0.15, -0.1) is 0 Å². The quantitative estimate of drug-likeness (QED) is 0.216. The number of fused-ring (bicyclic) bond motifs is 2.